The molecule has 0 amide bonds. The van der Waals surface area contributed by atoms with Crippen LogP contribution in [0, 0.1) is 0 Å². The lowest BCUT2D eigenvalue weighted by Gasteiger charge is -2.05. The van der Waals surface area contributed by atoms with Gasteiger partial charge in [-0.3, -0.25) is 9.78 Å². The predicted octanol–water partition coefficient (Wildman–Crippen LogP) is 2.57. The van der Waals surface area contributed by atoms with E-state index in [0.717, 1.165) is 6.20 Å². The van der Waals surface area contributed by atoms with Gasteiger partial charge in [-0.1, -0.05) is 11.6 Å². The van der Waals surface area contributed by atoms with E-state index in [1.165, 1.54) is 0 Å². The molecule has 1 aromatic rings. The summed E-state index contributed by atoms with van der Waals surface area (Å²) in [4.78, 5) is 13.3. The number of halogens is 4. The van der Waals surface area contributed by atoms with Crippen LogP contribution >= 0.6 is 11.6 Å². The number of hydrogen-bond donors (Lipinski definition) is 0. The molecule has 1 heterocycles. The van der Waals surface area contributed by atoms with Crippen LogP contribution in [-0.4, -0.2) is 11.3 Å². The molecule has 0 aliphatic heterocycles. The van der Waals surface area contributed by atoms with Gasteiger partial charge in [0.05, 0.1) is 5.02 Å². The number of pyridine rings is 1. The summed E-state index contributed by atoms with van der Waals surface area (Å²) in [5, 5.41) is -0.0944. The van der Waals surface area contributed by atoms with Gasteiger partial charge in [-0.05, 0) is 6.07 Å². The Morgan fingerprint density at radius 2 is 2.08 bits per heavy atom. The van der Waals surface area contributed by atoms with Gasteiger partial charge in [0, 0.05) is 11.8 Å². The van der Waals surface area contributed by atoms with Crippen LogP contribution in [0.5, 0.6) is 0 Å². The van der Waals surface area contributed by atoms with E-state index in [0.29, 0.717) is 6.07 Å². The minimum absolute atomic E-state index is 0.0944. The molecule has 0 atom stereocenters. The van der Waals surface area contributed by atoms with E-state index in [-0.39, 0.29) is 16.9 Å². The predicted molar refractivity (Wildman–Crippen MR) is 39.6 cm³/mol. The number of carbonyl (C=O) groups is 1. The van der Waals surface area contributed by atoms with Crippen LogP contribution < -0.4 is 0 Å². The maximum atomic E-state index is 12.0. The number of aromatic nitrogens is 1. The molecule has 0 N–H and O–H groups in total. The van der Waals surface area contributed by atoms with Crippen LogP contribution in [0.3, 0.4) is 0 Å². The molecule has 0 radical (unpaired) electrons. The largest absolute Gasteiger partial charge is 0.433 e. The fraction of sp³-hybridized carbons (Fsp3) is 0.143. The second-order valence-electron chi connectivity index (χ2n) is 2.21. The summed E-state index contributed by atoms with van der Waals surface area (Å²) in [5.74, 6) is 0. The average molecular weight is 210 g/mol. The van der Waals surface area contributed by atoms with Crippen molar-refractivity contribution in [2.75, 3.05) is 0 Å². The minimum Gasteiger partial charge on any atom is -0.298 e. The molecule has 0 spiro atoms. The summed E-state index contributed by atoms with van der Waals surface area (Å²) in [5.41, 5.74) is -1.34. The van der Waals surface area contributed by atoms with E-state index in [1.54, 1.807) is 0 Å². The van der Waals surface area contributed by atoms with Gasteiger partial charge in [0.15, 0.2) is 6.29 Å². The van der Waals surface area contributed by atoms with Crippen molar-refractivity contribution in [2.45, 2.75) is 6.18 Å². The van der Waals surface area contributed by atoms with Crippen molar-refractivity contribution in [3.63, 3.8) is 0 Å². The fourth-order valence-electron chi connectivity index (χ4n) is 0.700. The SMILES string of the molecule is O=Cc1cc(C(F)(F)F)ncc1Cl. The molecule has 1 rings (SSSR count). The van der Waals surface area contributed by atoms with Gasteiger partial charge in [0.25, 0.3) is 0 Å². The standard InChI is InChI=1S/C7H3ClF3NO/c8-5-2-12-6(7(9,10)11)1-4(5)3-13/h1-3H. The molecule has 0 aliphatic rings. The number of aldehydes is 1. The molecular weight excluding hydrogens is 207 g/mol. The molecule has 70 valence electrons. The Morgan fingerprint density at radius 3 is 2.54 bits per heavy atom. The monoisotopic (exact) mass is 209 g/mol. The lowest BCUT2D eigenvalue weighted by Crippen LogP contribution is -2.08. The Kier molecular flexibility index (Phi) is 2.56. The van der Waals surface area contributed by atoms with Gasteiger partial charge in [-0.25, -0.2) is 0 Å². The molecule has 0 saturated heterocycles. The van der Waals surface area contributed by atoms with Crippen molar-refractivity contribution in [2.24, 2.45) is 0 Å². The zero-order valence-electron chi connectivity index (χ0n) is 6.10. The van der Waals surface area contributed by atoms with Crippen molar-refractivity contribution in [1.82, 2.24) is 4.98 Å². The van der Waals surface area contributed by atoms with Gasteiger partial charge >= 0.3 is 6.18 Å². The molecule has 13 heavy (non-hydrogen) atoms. The highest BCUT2D eigenvalue weighted by molar-refractivity contribution is 6.32. The number of nitrogens with zero attached hydrogens (tertiary/aromatic N) is 1. The Hall–Kier alpha value is -1.10. The van der Waals surface area contributed by atoms with Gasteiger partial charge in [-0.15, -0.1) is 0 Å². The maximum absolute atomic E-state index is 12.0. The normalized spacial score (nSPS) is 11.4. The lowest BCUT2D eigenvalue weighted by molar-refractivity contribution is -0.141. The van der Waals surface area contributed by atoms with Crippen molar-refractivity contribution < 1.29 is 18.0 Å². The third-order valence-electron chi connectivity index (χ3n) is 1.30. The van der Waals surface area contributed by atoms with E-state index in [4.69, 9.17) is 11.6 Å². The summed E-state index contributed by atoms with van der Waals surface area (Å²) in [7, 11) is 0. The third kappa shape index (κ3) is 2.18. The molecule has 0 aromatic carbocycles. The Labute approximate surface area is 76.3 Å². The molecule has 0 bridgehead atoms. The van der Waals surface area contributed by atoms with Crippen LogP contribution in [0.2, 0.25) is 5.02 Å². The molecule has 0 aliphatic carbocycles. The summed E-state index contributed by atoms with van der Waals surface area (Å²) in [6.45, 7) is 0. The Balaban J connectivity index is 3.21. The number of alkyl halides is 3. The topological polar surface area (TPSA) is 30.0 Å². The van der Waals surface area contributed by atoms with Crippen molar-refractivity contribution in [1.29, 1.82) is 0 Å². The number of rotatable bonds is 1. The van der Waals surface area contributed by atoms with Crippen LogP contribution in [0.15, 0.2) is 12.3 Å². The zero-order chi connectivity index (χ0) is 10.1. The van der Waals surface area contributed by atoms with Crippen molar-refractivity contribution in [3.8, 4) is 0 Å². The molecular formula is C7H3ClF3NO. The summed E-state index contributed by atoms with van der Waals surface area (Å²) in [6, 6.07) is 0.606. The highest BCUT2D eigenvalue weighted by Gasteiger charge is 2.32. The second kappa shape index (κ2) is 3.33. The van der Waals surface area contributed by atoms with Crippen LogP contribution in [-0.2, 0) is 6.18 Å². The molecule has 6 heteroatoms. The first-order valence-electron chi connectivity index (χ1n) is 3.13. The number of hydrogen-bond acceptors (Lipinski definition) is 2. The Bertz CT molecular complexity index is 337. The quantitative estimate of drug-likeness (QED) is 0.666. The first kappa shape index (κ1) is 9.98. The van der Waals surface area contributed by atoms with Crippen molar-refractivity contribution in [3.05, 3.63) is 28.5 Å². The van der Waals surface area contributed by atoms with E-state index < -0.39 is 11.9 Å². The summed E-state index contributed by atoms with van der Waals surface area (Å²) in [6.07, 6.45) is -3.50. The molecule has 2 nitrogen and oxygen atoms in total. The first-order chi connectivity index (χ1) is 5.95. The molecule has 0 unspecified atom stereocenters. The fourth-order valence-corrected chi connectivity index (χ4v) is 0.847. The van der Waals surface area contributed by atoms with Gasteiger partial charge in [-0.2, -0.15) is 13.2 Å². The minimum atomic E-state index is -4.55. The summed E-state index contributed by atoms with van der Waals surface area (Å²) >= 11 is 5.39. The molecule has 0 fully saturated rings. The van der Waals surface area contributed by atoms with E-state index >= 15 is 0 Å². The van der Waals surface area contributed by atoms with E-state index in [2.05, 4.69) is 4.98 Å². The first-order valence-corrected chi connectivity index (χ1v) is 3.51. The lowest BCUT2D eigenvalue weighted by atomic mass is 10.2. The highest BCUT2D eigenvalue weighted by atomic mass is 35.5. The number of carbonyl (C=O) groups excluding carboxylic acids is 1. The van der Waals surface area contributed by atoms with Crippen LogP contribution in [0.1, 0.15) is 16.1 Å². The summed E-state index contributed by atoms with van der Waals surface area (Å²) < 4.78 is 36.0. The highest BCUT2D eigenvalue weighted by Crippen LogP contribution is 2.29. The van der Waals surface area contributed by atoms with E-state index in [9.17, 15) is 18.0 Å². The molecule has 0 saturated carbocycles. The zero-order valence-corrected chi connectivity index (χ0v) is 6.86. The van der Waals surface area contributed by atoms with Gasteiger partial charge in [0.1, 0.15) is 5.69 Å². The Morgan fingerprint density at radius 1 is 1.46 bits per heavy atom. The van der Waals surface area contributed by atoms with Crippen LogP contribution in [0.4, 0.5) is 13.2 Å². The average Bonchev–Trinajstić information content (AvgIpc) is 2.03. The third-order valence-corrected chi connectivity index (χ3v) is 1.62. The maximum Gasteiger partial charge on any atom is 0.433 e. The van der Waals surface area contributed by atoms with Gasteiger partial charge < -0.3 is 0 Å². The van der Waals surface area contributed by atoms with Gasteiger partial charge in [0.2, 0.25) is 0 Å². The van der Waals surface area contributed by atoms with E-state index in [1.807, 2.05) is 0 Å². The van der Waals surface area contributed by atoms with Crippen molar-refractivity contribution >= 4 is 17.9 Å². The second-order valence-corrected chi connectivity index (χ2v) is 2.61. The smallest absolute Gasteiger partial charge is 0.298 e. The molecule has 1 aromatic heterocycles. The van der Waals surface area contributed by atoms with Crippen LogP contribution in [0.25, 0.3) is 0 Å².